The van der Waals surface area contributed by atoms with Gasteiger partial charge in [-0.05, 0) is 18.1 Å². The normalized spacial score (nSPS) is 14.2. The first-order valence-electron chi connectivity index (χ1n) is 9.45. The lowest BCUT2D eigenvalue weighted by Gasteiger charge is -2.22. The van der Waals surface area contributed by atoms with Gasteiger partial charge in [-0.3, -0.25) is 9.59 Å². The van der Waals surface area contributed by atoms with Crippen LogP contribution in [-0.2, 0) is 19.6 Å². The van der Waals surface area contributed by atoms with E-state index in [0.29, 0.717) is 30.3 Å². The Kier molecular flexibility index (Phi) is 6.73. The molecule has 2 aromatic carbocycles. The minimum atomic E-state index is -4.05. The summed E-state index contributed by atoms with van der Waals surface area (Å²) in [6.07, 6.45) is 0. The first-order valence-corrected chi connectivity index (χ1v) is 10.9. The van der Waals surface area contributed by atoms with Crippen LogP contribution >= 0.6 is 0 Å². The molecule has 1 heterocycles. The van der Waals surface area contributed by atoms with E-state index in [1.165, 1.54) is 18.2 Å². The van der Waals surface area contributed by atoms with Gasteiger partial charge in [0.05, 0.1) is 4.90 Å². The number of hydrogen-bond acceptors (Lipinski definition) is 7. The number of nitrogens with one attached hydrogen (secondary N) is 1. The number of benzene rings is 2. The van der Waals surface area contributed by atoms with Gasteiger partial charge in [0.2, 0.25) is 10.0 Å². The molecule has 8 nitrogen and oxygen atoms in total. The Labute approximate surface area is 175 Å². The number of carbonyl (C=O) groups excluding carboxylic acids is 2. The zero-order valence-corrected chi connectivity index (χ0v) is 17.5. The highest BCUT2D eigenvalue weighted by atomic mass is 32.2. The number of ketones is 1. The number of rotatable bonds is 8. The molecule has 0 amide bonds. The van der Waals surface area contributed by atoms with E-state index in [9.17, 15) is 18.0 Å². The molecule has 0 aromatic heterocycles. The molecule has 1 aliphatic rings. The van der Waals surface area contributed by atoms with Crippen molar-refractivity contribution in [1.29, 1.82) is 0 Å². The minimum absolute atomic E-state index is 0.0643. The second kappa shape index (κ2) is 9.27. The van der Waals surface area contributed by atoms with Gasteiger partial charge in [-0.2, -0.15) is 4.72 Å². The fraction of sp³-hybridized carbons (Fsp3) is 0.333. The largest absolute Gasteiger partial charge is 0.486 e. The Morgan fingerprint density at radius 2 is 1.70 bits per heavy atom. The predicted molar refractivity (Wildman–Crippen MR) is 108 cm³/mol. The van der Waals surface area contributed by atoms with E-state index in [4.69, 9.17) is 14.2 Å². The standard InChI is InChI=1S/C21H23NO7S/c1-14(2)20(21(24)29-13-17(23)15-6-4-3-5-7-15)22-30(25,26)16-8-9-18-19(12-16)28-11-10-27-18/h3-9,12,14,20,22H,10-11,13H2,1-2H3. The summed E-state index contributed by atoms with van der Waals surface area (Å²) in [5.41, 5.74) is 0.406. The van der Waals surface area contributed by atoms with E-state index in [1.54, 1.807) is 44.2 Å². The first kappa shape index (κ1) is 21.8. The van der Waals surface area contributed by atoms with Crippen LogP contribution in [0.4, 0.5) is 0 Å². The van der Waals surface area contributed by atoms with E-state index in [2.05, 4.69) is 4.72 Å². The summed E-state index contributed by atoms with van der Waals surface area (Å²) in [6, 6.07) is 11.5. The molecular formula is C21H23NO7S. The zero-order valence-electron chi connectivity index (χ0n) is 16.7. The average molecular weight is 433 g/mol. The molecule has 1 N–H and O–H groups in total. The molecule has 0 radical (unpaired) electrons. The van der Waals surface area contributed by atoms with Gasteiger partial charge in [0, 0.05) is 11.6 Å². The molecule has 3 rings (SSSR count). The number of fused-ring (bicyclic) bond motifs is 1. The third-order valence-electron chi connectivity index (χ3n) is 4.47. The van der Waals surface area contributed by atoms with Gasteiger partial charge >= 0.3 is 5.97 Å². The van der Waals surface area contributed by atoms with Gasteiger partial charge in [0.25, 0.3) is 0 Å². The van der Waals surface area contributed by atoms with Crippen LogP contribution in [0.1, 0.15) is 24.2 Å². The van der Waals surface area contributed by atoms with Gasteiger partial charge in [-0.1, -0.05) is 44.2 Å². The lowest BCUT2D eigenvalue weighted by atomic mass is 10.1. The SMILES string of the molecule is CC(C)C(NS(=O)(=O)c1ccc2c(c1)OCCO2)C(=O)OCC(=O)c1ccccc1. The van der Waals surface area contributed by atoms with Crippen LogP contribution < -0.4 is 14.2 Å². The molecule has 0 fully saturated rings. The van der Waals surface area contributed by atoms with Crippen LogP contribution in [0.25, 0.3) is 0 Å². The highest BCUT2D eigenvalue weighted by Crippen LogP contribution is 2.32. The summed E-state index contributed by atoms with van der Waals surface area (Å²) in [4.78, 5) is 24.6. The summed E-state index contributed by atoms with van der Waals surface area (Å²) in [5, 5.41) is 0. The maximum atomic E-state index is 12.8. The van der Waals surface area contributed by atoms with Crippen LogP contribution in [0.3, 0.4) is 0 Å². The van der Waals surface area contributed by atoms with Gasteiger partial charge in [0.1, 0.15) is 19.3 Å². The van der Waals surface area contributed by atoms with Crippen molar-refractivity contribution in [2.75, 3.05) is 19.8 Å². The van der Waals surface area contributed by atoms with Crippen LogP contribution in [0.5, 0.6) is 11.5 Å². The fourth-order valence-corrected chi connectivity index (χ4v) is 4.16. The molecule has 0 saturated carbocycles. The molecule has 160 valence electrons. The number of ether oxygens (including phenoxy) is 3. The van der Waals surface area contributed by atoms with Crippen molar-refractivity contribution in [2.45, 2.75) is 24.8 Å². The van der Waals surface area contributed by atoms with Crippen LogP contribution in [0, 0.1) is 5.92 Å². The summed E-state index contributed by atoms with van der Waals surface area (Å²) in [5.74, 6) is -0.825. The van der Waals surface area contributed by atoms with Crippen LogP contribution in [-0.4, -0.2) is 46.0 Å². The molecule has 9 heteroatoms. The number of Topliss-reactive ketones (excluding diaryl/α,β-unsaturated/α-hetero) is 1. The van der Waals surface area contributed by atoms with Crippen molar-refractivity contribution in [3.8, 4) is 11.5 Å². The Hall–Kier alpha value is -2.91. The smallest absolute Gasteiger partial charge is 0.324 e. The van der Waals surface area contributed by atoms with E-state index >= 15 is 0 Å². The van der Waals surface area contributed by atoms with Crippen molar-refractivity contribution in [1.82, 2.24) is 4.72 Å². The van der Waals surface area contributed by atoms with Crippen LogP contribution in [0.2, 0.25) is 0 Å². The van der Waals surface area contributed by atoms with Gasteiger partial charge in [0.15, 0.2) is 23.9 Å². The Bertz CT molecular complexity index is 1020. The number of hydrogen-bond donors (Lipinski definition) is 1. The molecule has 0 aliphatic carbocycles. The summed E-state index contributed by atoms with van der Waals surface area (Å²) in [6.45, 7) is 3.59. The van der Waals surface area contributed by atoms with E-state index in [-0.39, 0.29) is 10.7 Å². The molecule has 0 spiro atoms. The van der Waals surface area contributed by atoms with E-state index in [1.807, 2.05) is 0 Å². The number of esters is 1. The molecule has 1 atom stereocenters. The fourth-order valence-electron chi connectivity index (χ4n) is 2.82. The van der Waals surface area contributed by atoms with E-state index < -0.39 is 34.6 Å². The monoisotopic (exact) mass is 433 g/mol. The molecule has 0 bridgehead atoms. The topological polar surface area (TPSA) is 108 Å². The Morgan fingerprint density at radius 3 is 2.37 bits per heavy atom. The van der Waals surface area contributed by atoms with Gasteiger partial charge in [-0.15, -0.1) is 0 Å². The quantitative estimate of drug-likeness (QED) is 0.502. The summed E-state index contributed by atoms with van der Waals surface area (Å²) >= 11 is 0. The molecule has 30 heavy (non-hydrogen) atoms. The highest BCUT2D eigenvalue weighted by Gasteiger charge is 2.31. The second-order valence-corrected chi connectivity index (χ2v) is 8.76. The minimum Gasteiger partial charge on any atom is -0.486 e. The maximum Gasteiger partial charge on any atom is 0.324 e. The van der Waals surface area contributed by atoms with Crippen molar-refractivity contribution in [3.63, 3.8) is 0 Å². The van der Waals surface area contributed by atoms with E-state index in [0.717, 1.165) is 0 Å². The lowest BCUT2D eigenvalue weighted by molar-refractivity contribution is -0.145. The maximum absolute atomic E-state index is 12.8. The predicted octanol–water partition coefficient (Wildman–Crippen LogP) is 2.19. The third-order valence-corrected chi connectivity index (χ3v) is 5.91. The Balaban J connectivity index is 1.69. The number of sulfonamides is 1. The highest BCUT2D eigenvalue weighted by molar-refractivity contribution is 7.89. The summed E-state index contributed by atoms with van der Waals surface area (Å²) < 4.78 is 43.9. The Morgan fingerprint density at radius 1 is 1.03 bits per heavy atom. The molecular weight excluding hydrogens is 410 g/mol. The van der Waals surface area contributed by atoms with Crippen molar-refractivity contribution < 1.29 is 32.2 Å². The summed E-state index contributed by atoms with van der Waals surface area (Å²) in [7, 11) is -4.05. The van der Waals surface area contributed by atoms with Gasteiger partial charge < -0.3 is 14.2 Å². The molecule has 1 unspecified atom stereocenters. The van der Waals surface area contributed by atoms with Crippen molar-refractivity contribution >= 4 is 21.8 Å². The average Bonchev–Trinajstić information content (AvgIpc) is 2.75. The molecule has 0 saturated heterocycles. The number of carbonyl (C=O) groups is 2. The second-order valence-electron chi connectivity index (χ2n) is 7.05. The third kappa shape index (κ3) is 5.17. The van der Waals surface area contributed by atoms with Crippen LogP contribution in [0.15, 0.2) is 53.4 Å². The van der Waals surface area contributed by atoms with Gasteiger partial charge in [-0.25, -0.2) is 8.42 Å². The van der Waals surface area contributed by atoms with Crippen molar-refractivity contribution in [3.05, 3.63) is 54.1 Å². The zero-order chi connectivity index (χ0) is 21.7. The lowest BCUT2D eigenvalue weighted by Crippen LogP contribution is -2.45. The molecule has 1 aliphatic heterocycles. The van der Waals surface area contributed by atoms with Crippen molar-refractivity contribution in [2.24, 2.45) is 5.92 Å². The molecule has 2 aromatic rings. The first-order chi connectivity index (χ1) is 14.3.